The number of fused-ring (bicyclic) bond motifs is 2. The lowest BCUT2D eigenvalue weighted by Crippen LogP contribution is -2.30. The number of nitrogens with two attached hydrogens (primary N) is 1. The Labute approximate surface area is 219 Å². The molecular weight excluding hydrogens is 488 g/mol. The SMILES string of the molecule is COCCn1cc2cc(-c3nn(C4CCNCC4)c(C)c3-c3c(Cl)c(C)cc4[nH]nc(N)c34)ccc2n1. The topological polar surface area (TPSA) is 112 Å². The third kappa shape index (κ3) is 4.07. The predicted octanol–water partition coefficient (Wildman–Crippen LogP) is 4.87. The van der Waals surface area contributed by atoms with Gasteiger partial charge in [-0.1, -0.05) is 17.7 Å². The highest BCUT2D eigenvalue weighted by Crippen LogP contribution is 2.45. The van der Waals surface area contributed by atoms with Gasteiger partial charge in [-0.05, 0) is 63.5 Å². The third-order valence-electron chi connectivity index (χ3n) is 7.40. The van der Waals surface area contributed by atoms with Gasteiger partial charge in [-0.25, -0.2) is 0 Å². The summed E-state index contributed by atoms with van der Waals surface area (Å²) in [6.45, 7) is 7.41. The van der Waals surface area contributed by atoms with Crippen LogP contribution in [0.5, 0.6) is 0 Å². The van der Waals surface area contributed by atoms with E-state index in [1.54, 1.807) is 7.11 Å². The van der Waals surface area contributed by atoms with Crippen LogP contribution in [0, 0.1) is 13.8 Å². The number of ether oxygens (including phenoxy) is 1. The van der Waals surface area contributed by atoms with Gasteiger partial charge < -0.3 is 15.8 Å². The maximum atomic E-state index is 7.04. The van der Waals surface area contributed by atoms with Crippen molar-refractivity contribution in [3.63, 3.8) is 0 Å². The summed E-state index contributed by atoms with van der Waals surface area (Å²) in [5.74, 6) is 0.432. The number of nitrogen functional groups attached to an aromatic ring is 1. The van der Waals surface area contributed by atoms with E-state index in [1.165, 1.54) is 0 Å². The highest BCUT2D eigenvalue weighted by Gasteiger charge is 2.28. The zero-order valence-corrected chi connectivity index (χ0v) is 22.1. The van der Waals surface area contributed by atoms with Crippen molar-refractivity contribution in [2.24, 2.45) is 0 Å². The van der Waals surface area contributed by atoms with E-state index in [-0.39, 0.29) is 0 Å². The molecule has 1 aliphatic heterocycles. The fourth-order valence-corrected chi connectivity index (χ4v) is 5.75. The van der Waals surface area contributed by atoms with Crippen LogP contribution in [0.25, 0.3) is 44.2 Å². The second-order valence-corrected chi connectivity index (χ2v) is 10.2. The standard InChI is InChI=1S/C27H31ClN8O/c1-15-12-21-23(27(29)32-31-21)24(25(15)28)22-16(2)36(19-6-8-30-9-7-19)34-26(22)17-4-5-20-18(13-17)14-35(33-20)10-11-37-3/h4-5,12-14,19,30H,6-11H2,1-3H3,(H3,29,31,32). The van der Waals surface area contributed by atoms with Gasteiger partial charge in [-0.15, -0.1) is 0 Å². The van der Waals surface area contributed by atoms with Crippen LogP contribution in [0.15, 0.2) is 30.5 Å². The molecule has 0 spiro atoms. The van der Waals surface area contributed by atoms with Gasteiger partial charge in [0.1, 0.15) is 5.69 Å². The Morgan fingerprint density at radius 1 is 1.14 bits per heavy atom. The van der Waals surface area contributed by atoms with E-state index in [0.29, 0.717) is 30.0 Å². The minimum absolute atomic E-state index is 0.315. The molecule has 3 aromatic heterocycles. The molecule has 0 radical (unpaired) electrons. The first-order valence-corrected chi connectivity index (χ1v) is 13.0. The number of aryl methyl sites for hydroxylation is 1. The molecule has 0 bridgehead atoms. The van der Waals surface area contributed by atoms with Crippen LogP contribution in [0.2, 0.25) is 5.02 Å². The van der Waals surface area contributed by atoms with Crippen molar-refractivity contribution in [1.29, 1.82) is 0 Å². The number of anilines is 1. The smallest absolute Gasteiger partial charge is 0.153 e. The van der Waals surface area contributed by atoms with Crippen LogP contribution >= 0.6 is 11.6 Å². The van der Waals surface area contributed by atoms with Gasteiger partial charge in [-0.3, -0.25) is 14.5 Å². The molecule has 10 heteroatoms. The highest BCUT2D eigenvalue weighted by molar-refractivity contribution is 6.36. The zero-order chi connectivity index (χ0) is 25.7. The largest absolute Gasteiger partial charge is 0.383 e. The zero-order valence-electron chi connectivity index (χ0n) is 21.3. The molecule has 0 atom stereocenters. The molecule has 1 aliphatic rings. The monoisotopic (exact) mass is 518 g/mol. The van der Waals surface area contributed by atoms with E-state index in [4.69, 9.17) is 27.2 Å². The number of nitrogens with one attached hydrogen (secondary N) is 2. The maximum absolute atomic E-state index is 7.04. The normalized spacial score (nSPS) is 14.8. The van der Waals surface area contributed by atoms with Gasteiger partial charge in [0.2, 0.25) is 0 Å². The quantitative estimate of drug-likeness (QED) is 0.296. The van der Waals surface area contributed by atoms with E-state index >= 15 is 0 Å². The number of piperidine rings is 1. The van der Waals surface area contributed by atoms with Gasteiger partial charge in [0.05, 0.1) is 40.6 Å². The van der Waals surface area contributed by atoms with Crippen molar-refractivity contribution in [2.75, 3.05) is 32.5 Å². The van der Waals surface area contributed by atoms with Crippen molar-refractivity contribution < 1.29 is 4.74 Å². The number of H-pyrrole nitrogens is 1. The van der Waals surface area contributed by atoms with E-state index in [0.717, 1.165) is 81.4 Å². The number of rotatable bonds is 6. The minimum Gasteiger partial charge on any atom is -0.383 e. The molecule has 4 N–H and O–H groups in total. The number of hydrogen-bond donors (Lipinski definition) is 3. The number of nitrogens with zero attached hydrogens (tertiary/aromatic N) is 5. The first-order valence-electron chi connectivity index (χ1n) is 12.7. The van der Waals surface area contributed by atoms with Gasteiger partial charge in [0.25, 0.3) is 0 Å². The molecule has 0 saturated carbocycles. The van der Waals surface area contributed by atoms with Crippen molar-refractivity contribution in [3.8, 4) is 22.4 Å². The van der Waals surface area contributed by atoms with Crippen LogP contribution in [0.3, 0.4) is 0 Å². The molecule has 4 heterocycles. The third-order valence-corrected chi connectivity index (χ3v) is 7.89. The van der Waals surface area contributed by atoms with E-state index < -0.39 is 0 Å². The Bertz CT molecular complexity index is 1610. The summed E-state index contributed by atoms with van der Waals surface area (Å²) in [4.78, 5) is 0. The average molecular weight is 519 g/mol. The summed E-state index contributed by atoms with van der Waals surface area (Å²) in [6.07, 6.45) is 4.11. The molecule has 0 amide bonds. The molecule has 9 nitrogen and oxygen atoms in total. The fraction of sp³-hybridized carbons (Fsp3) is 0.370. The number of halogens is 1. The summed E-state index contributed by atoms with van der Waals surface area (Å²) in [5.41, 5.74) is 14.0. The number of methoxy groups -OCH3 is 1. The molecule has 5 aromatic rings. The van der Waals surface area contributed by atoms with Crippen molar-refractivity contribution in [3.05, 3.63) is 46.7 Å². The molecule has 192 valence electrons. The molecular formula is C27H31ClN8O. The second kappa shape index (κ2) is 9.48. The molecule has 1 fully saturated rings. The molecule has 6 rings (SSSR count). The first-order chi connectivity index (χ1) is 18.0. The summed E-state index contributed by atoms with van der Waals surface area (Å²) < 4.78 is 9.34. The summed E-state index contributed by atoms with van der Waals surface area (Å²) >= 11 is 7.04. The lowest BCUT2D eigenvalue weighted by Gasteiger charge is -2.24. The Balaban J connectivity index is 1.59. The van der Waals surface area contributed by atoms with Crippen LogP contribution in [0.4, 0.5) is 5.82 Å². The van der Waals surface area contributed by atoms with Crippen LogP contribution in [0.1, 0.15) is 30.1 Å². The lowest BCUT2D eigenvalue weighted by molar-refractivity contribution is 0.184. The van der Waals surface area contributed by atoms with Crippen molar-refractivity contribution >= 4 is 39.2 Å². The number of aromatic amines is 1. The molecule has 1 saturated heterocycles. The first kappa shape index (κ1) is 24.0. The van der Waals surface area contributed by atoms with Gasteiger partial charge in [0, 0.05) is 41.1 Å². The maximum Gasteiger partial charge on any atom is 0.153 e. The van der Waals surface area contributed by atoms with Crippen LogP contribution in [-0.4, -0.2) is 56.6 Å². The van der Waals surface area contributed by atoms with E-state index in [1.807, 2.05) is 17.7 Å². The van der Waals surface area contributed by atoms with Gasteiger partial charge in [-0.2, -0.15) is 15.3 Å². The summed E-state index contributed by atoms with van der Waals surface area (Å²) in [5, 5.41) is 23.3. The van der Waals surface area contributed by atoms with Crippen molar-refractivity contribution in [2.45, 2.75) is 39.3 Å². The Morgan fingerprint density at radius 3 is 2.73 bits per heavy atom. The van der Waals surface area contributed by atoms with Gasteiger partial charge >= 0.3 is 0 Å². The average Bonchev–Trinajstić information content (AvgIpc) is 3.59. The lowest BCUT2D eigenvalue weighted by atomic mass is 9.94. The minimum atomic E-state index is 0.315. The van der Waals surface area contributed by atoms with Crippen molar-refractivity contribution in [1.82, 2.24) is 35.1 Å². The second-order valence-electron chi connectivity index (χ2n) is 9.81. The van der Waals surface area contributed by atoms with Gasteiger partial charge in [0.15, 0.2) is 5.82 Å². The molecule has 2 aromatic carbocycles. The summed E-state index contributed by atoms with van der Waals surface area (Å²) in [6, 6.07) is 8.61. The Kier molecular flexibility index (Phi) is 6.14. The van der Waals surface area contributed by atoms with Crippen LogP contribution in [-0.2, 0) is 11.3 Å². The highest BCUT2D eigenvalue weighted by atomic mass is 35.5. The van der Waals surface area contributed by atoms with E-state index in [2.05, 4.69) is 56.6 Å². The molecule has 0 aliphatic carbocycles. The Hall–Kier alpha value is -3.40. The number of benzene rings is 2. The summed E-state index contributed by atoms with van der Waals surface area (Å²) in [7, 11) is 1.70. The Morgan fingerprint density at radius 2 is 1.95 bits per heavy atom. The predicted molar refractivity (Wildman–Crippen MR) is 148 cm³/mol. The number of hydrogen-bond acceptors (Lipinski definition) is 6. The molecule has 37 heavy (non-hydrogen) atoms. The number of aromatic nitrogens is 6. The molecule has 0 unspecified atom stereocenters. The fourth-order valence-electron chi connectivity index (χ4n) is 5.51. The van der Waals surface area contributed by atoms with Crippen LogP contribution < -0.4 is 11.1 Å². The van der Waals surface area contributed by atoms with E-state index in [9.17, 15) is 0 Å².